The van der Waals surface area contributed by atoms with E-state index < -0.39 is 0 Å². The first-order valence-corrected chi connectivity index (χ1v) is 8.53. The number of nitrogens with one attached hydrogen (secondary N) is 1. The minimum absolute atomic E-state index is 0.0137. The van der Waals surface area contributed by atoms with Gasteiger partial charge in [-0.05, 0) is 41.5 Å². The van der Waals surface area contributed by atoms with Crippen molar-refractivity contribution in [3.8, 4) is 5.88 Å². The van der Waals surface area contributed by atoms with Crippen molar-refractivity contribution in [2.45, 2.75) is 19.8 Å². The van der Waals surface area contributed by atoms with Crippen molar-refractivity contribution < 1.29 is 18.7 Å². The van der Waals surface area contributed by atoms with E-state index in [9.17, 15) is 9.18 Å². The number of ether oxygens (including phenoxy) is 2. The van der Waals surface area contributed by atoms with Crippen molar-refractivity contribution in [2.75, 3.05) is 5.32 Å². The van der Waals surface area contributed by atoms with Gasteiger partial charge in [0.25, 0.3) is 5.91 Å². The smallest absolute Gasteiger partial charge is 0.261 e. The maximum atomic E-state index is 13.8. The van der Waals surface area contributed by atoms with Gasteiger partial charge < -0.3 is 14.8 Å². The number of nitrogens with zero attached hydrogens (tertiary/aromatic N) is 1. The van der Waals surface area contributed by atoms with E-state index in [0.717, 1.165) is 11.1 Å². The van der Waals surface area contributed by atoms with E-state index >= 15 is 0 Å². The molecule has 3 aromatic rings. The predicted octanol–water partition coefficient (Wildman–Crippen LogP) is 4.08. The zero-order chi connectivity index (χ0) is 18.6. The molecule has 6 heteroatoms. The average Bonchev–Trinajstić information content (AvgIpc) is 3.15. The van der Waals surface area contributed by atoms with Gasteiger partial charge in [-0.3, -0.25) is 4.79 Å². The third-order valence-corrected chi connectivity index (χ3v) is 4.32. The van der Waals surface area contributed by atoms with Crippen LogP contribution in [0, 0.1) is 5.82 Å². The van der Waals surface area contributed by atoms with E-state index in [0.29, 0.717) is 24.5 Å². The second-order valence-corrected chi connectivity index (χ2v) is 6.17. The molecule has 0 spiro atoms. The summed E-state index contributed by atoms with van der Waals surface area (Å²) in [4.78, 5) is 16.8. The molecule has 2 aromatic carbocycles. The molecule has 0 unspecified atom stereocenters. The minimum atomic E-state index is -0.361. The predicted molar refractivity (Wildman–Crippen MR) is 97.9 cm³/mol. The van der Waals surface area contributed by atoms with Crippen LogP contribution in [0.2, 0.25) is 0 Å². The average molecular weight is 364 g/mol. The largest absolute Gasteiger partial charge is 0.472 e. The lowest BCUT2D eigenvalue weighted by Crippen LogP contribution is -2.14. The summed E-state index contributed by atoms with van der Waals surface area (Å²) in [5, 5.41) is 2.85. The van der Waals surface area contributed by atoms with Gasteiger partial charge in [-0.1, -0.05) is 24.3 Å². The Kier molecular flexibility index (Phi) is 4.80. The number of pyridine rings is 1. The first kappa shape index (κ1) is 17.2. The summed E-state index contributed by atoms with van der Waals surface area (Å²) in [7, 11) is 0. The van der Waals surface area contributed by atoms with E-state index in [1.54, 1.807) is 30.3 Å². The van der Waals surface area contributed by atoms with Crippen LogP contribution in [-0.4, -0.2) is 10.9 Å². The van der Waals surface area contributed by atoms with Crippen LogP contribution in [-0.2, 0) is 24.6 Å². The number of amides is 1. The summed E-state index contributed by atoms with van der Waals surface area (Å²) in [6.07, 6.45) is 1.53. The Balaban J connectivity index is 1.50. The number of rotatable bonds is 5. The Morgan fingerprint density at radius 3 is 2.85 bits per heavy atom. The van der Waals surface area contributed by atoms with Crippen LogP contribution in [0.25, 0.3) is 0 Å². The quantitative estimate of drug-likeness (QED) is 0.741. The van der Waals surface area contributed by atoms with Crippen molar-refractivity contribution in [1.82, 2.24) is 4.98 Å². The van der Waals surface area contributed by atoms with Gasteiger partial charge in [0.2, 0.25) is 5.88 Å². The molecule has 1 aliphatic rings. The van der Waals surface area contributed by atoms with Crippen LogP contribution < -0.4 is 10.1 Å². The van der Waals surface area contributed by atoms with Gasteiger partial charge in [-0.2, -0.15) is 0 Å². The van der Waals surface area contributed by atoms with Crippen molar-refractivity contribution in [3.63, 3.8) is 0 Å². The zero-order valence-corrected chi connectivity index (χ0v) is 14.4. The molecule has 0 aliphatic carbocycles. The first-order valence-electron chi connectivity index (χ1n) is 8.53. The lowest BCUT2D eigenvalue weighted by molar-refractivity contribution is 0.102. The fourth-order valence-electron chi connectivity index (χ4n) is 2.89. The Morgan fingerprint density at radius 2 is 1.96 bits per heavy atom. The van der Waals surface area contributed by atoms with Gasteiger partial charge >= 0.3 is 0 Å². The van der Waals surface area contributed by atoms with Gasteiger partial charge in [0, 0.05) is 17.4 Å². The monoisotopic (exact) mass is 364 g/mol. The number of aromatic nitrogens is 1. The Hall–Kier alpha value is -3.25. The topological polar surface area (TPSA) is 60.5 Å². The second-order valence-electron chi connectivity index (χ2n) is 6.17. The summed E-state index contributed by atoms with van der Waals surface area (Å²) < 4.78 is 24.8. The number of benzene rings is 2. The van der Waals surface area contributed by atoms with Crippen molar-refractivity contribution in [2.24, 2.45) is 0 Å². The van der Waals surface area contributed by atoms with Crippen LogP contribution in [0.1, 0.15) is 27.0 Å². The highest BCUT2D eigenvalue weighted by molar-refractivity contribution is 6.05. The van der Waals surface area contributed by atoms with Gasteiger partial charge in [0.05, 0.1) is 13.2 Å². The SMILES string of the molecule is O=C(Nc1ccc2c(c1)COC2)c1cccnc1OCc1ccccc1F. The molecule has 0 atom stereocenters. The molecular formula is C21H17FN2O3. The van der Waals surface area contributed by atoms with E-state index in [1.807, 2.05) is 18.2 Å². The zero-order valence-electron chi connectivity index (χ0n) is 14.4. The maximum absolute atomic E-state index is 13.8. The van der Waals surface area contributed by atoms with Crippen LogP contribution in [0.5, 0.6) is 5.88 Å². The highest BCUT2D eigenvalue weighted by Crippen LogP contribution is 2.24. The molecule has 5 nitrogen and oxygen atoms in total. The number of halogens is 1. The molecule has 1 N–H and O–H groups in total. The van der Waals surface area contributed by atoms with Gasteiger partial charge in [-0.25, -0.2) is 9.37 Å². The standard InChI is InChI=1S/C21H17FN2O3/c22-19-6-2-1-4-15(19)13-27-21-18(5-3-9-23-21)20(25)24-17-8-7-14-11-26-12-16(14)10-17/h1-10H,11-13H2,(H,24,25). The minimum Gasteiger partial charge on any atom is -0.472 e. The molecule has 27 heavy (non-hydrogen) atoms. The fourth-order valence-corrected chi connectivity index (χ4v) is 2.89. The number of anilines is 1. The molecule has 0 saturated carbocycles. The molecule has 0 bridgehead atoms. The molecule has 4 rings (SSSR count). The normalized spacial score (nSPS) is 12.5. The summed E-state index contributed by atoms with van der Waals surface area (Å²) in [6, 6.07) is 15.3. The molecule has 2 heterocycles. The molecule has 1 aliphatic heterocycles. The number of carbonyl (C=O) groups is 1. The van der Waals surface area contributed by atoms with E-state index in [-0.39, 0.29) is 29.8 Å². The van der Waals surface area contributed by atoms with Gasteiger partial charge in [-0.15, -0.1) is 0 Å². The van der Waals surface area contributed by atoms with Crippen LogP contribution >= 0.6 is 0 Å². The maximum Gasteiger partial charge on any atom is 0.261 e. The van der Waals surface area contributed by atoms with Crippen molar-refractivity contribution in [1.29, 1.82) is 0 Å². The molecule has 0 radical (unpaired) electrons. The number of fused-ring (bicyclic) bond motifs is 1. The molecule has 0 saturated heterocycles. The Bertz CT molecular complexity index is 991. The number of carbonyl (C=O) groups excluding carboxylic acids is 1. The van der Waals surface area contributed by atoms with Gasteiger partial charge in [0.15, 0.2) is 0 Å². The van der Waals surface area contributed by atoms with Crippen molar-refractivity contribution >= 4 is 11.6 Å². The molecule has 1 amide bonds. The van der Waals surface area contributed by atoms with Gasteiger partial charge in [0.1, 0.15) is 18.0 Å². The summed E-state index contributed by atoms with van der Waals surface area (Å²) in [5.41, 5.74) is 3.55. The van der Waals surface area contributed by atoms with Crippen LogP contribution in [0.4, 0.5) is 10.1 Å². The summed E-state index contributed by atoms with van der Waals surface area (Å²) >= 11 is 0. The molecule has 136 valence electrons. The molecule has 0 fully saturated rings. The lowest BCUT2D eigenvalue weighted by atomic mass is 10.1. The third-order valence-electron chi connectivity index (χ3n) is 4.32. The second kappa shape index (κ2) is 7.55. The first-order chi connectivity index (χ1) is 13.2. The summed E-state index contributed by atoms with van der Waals surface area (Å²) in [5.74, 6) is -0.548. The van der Waals surface area contributed by atoms with E-state index in [4.69, 9.17) is 9.47 Å². The van der Waals surface area contributed by atoms with Crippen LogP contribution in [0.15, 0.2) is 60.8 Å². The number of hydrogen-bond donors (Lipinski definition) is 1. The highest BCUT2D eigenvalue weighted by atomic mass is 19.1. The Labute approximate surface area is 155 Å². The summed E-state index contributed by atoms with van der Waals surface area (Å²) in [6.45, 7) is 1.13. The third kappa shape index (κ3) is 3.80. The number of hydrogen-bond acceptors (Lipinski definition) is 4. The van der Waals surface area contributed by atoms with E-state index in [1.165, 1.54) is 12.3 Å². The van der Waals surface area contributed by atoms with E-state index in [2.05, 4.69) is 10.3 Å². The fraction of sp³-hybridized carbons (Fsp3) is 0.143. The van der Waals surface area contributed by atoms with Crippen molar-refractivity contribution in [3.05, 3.63) is 88.9 Å². The molecule has 1 aromatic heterocycles. The Morgan fingerprint density at radius 1 is 1.11 bits per heavy atom. The lowest BCUT2D eigenvalue weighted by Gasteiger charge is -2.11. The van der Waals surface area contributed by atoms with Crippen LogP contribution in [0.3, 0.4) is 0 Å². The molecular weight excluding hydrogens is 347 g/mol. The highest BCUT2D eigenvalue weighted by Gasteiger charge is 2.16.